The van der Waals surface area contributed by atoms with E-state index in [1.54, 1.807) is 0 Å². The molecular weight excluding hydrogens is 260 g/mol. The lowest BCUT2D eigenvalue weighted by atomic mass is 9.66. The normalized spacial score (nSPS) is 18.1. The first-order chi connectivity index (χ1) is 9.96. The maximum Gasteiger partial charge on any atom is 0.221 e. The minimum absolute atomic E-state index is 0.0496. The molecule has 0 saturated heterocycles. The van der Waals surface area contributed by atoms with Crippen LogP contribution in [-0.4, -0.2) is 12.5 Å². The largest absolute Gasteiger partial charge is 0.350 e. The standard InChI is InChI=1S/C18H28N2O/c1-13(2)15-5-7-16(8-6-15)14(3)20-17(21)11-18(12-19)9-4-10-18/h5-8,13-14H,4,9-12,19H2,1-3H3,(H,20,21). The molecule has 1 fully saturated rings. The molecule has 1 aliphatic rings. The van der Waals surface area contributed by atoms with E-state index in [4.69, 9.17) is 5.73 Å². The van der Waals surface area contributed by atoms with Crippen LogP contribution in [0.2, 0.25) is 0 Å². The summed E-state index contributed by atoms with van der Waals surface area (Å²) in [4.78, 5) is 12.2. The Balaban J connectivity index is 1.91. The maximum absolute atomic E-state index is 12.2. The van der Waals surface area contributed by atoms with Gasteiger partial charge in [0.1, 0.15) is 0 Å². The van der Waals surface area contributed by atoms with Crippen LogP contribution in [0.3, 0.4) is 0 Å². The molecule has 2 rings (SSSR count). The Kier molecular flexibility index (Phi) is 5.04. The van der Waals surface area contributed by atoms with E-state index in [-0.39, 0.29) is 17.4 Å². The third-order valence-corrected chi connectivity index (χ3v) is 4.86. The van der Waals surface area contributed by atoms with Crippen molar-refractivity contribution >= 4 is 5.91 Å². The van der Waals surface area contributed by atoms with Gasteiger partial charge < -0.3 is 11.1 Å². The highest BCUT2D eigenvalue weighted by Gasteiger charge is 2.37. The molecule has 1 amide bonds. The summed E-state index contributed by atoms with van der Waals surface area (Å²) in [7, 11) is 0. The van der Waals surface area contributed by atoms with E-state index in [1.807, 2.05) is 6.92 Å². The first-order valence-electron chi connectivity index (χ1n) is 8.05. The molecule has 1 aromatic rings. The molecule has 116 valence electrons. The van der Waals surface area contributed by atoms with E-state index in [0.717, 1.165) is 18.4 Å². The molecule has 0 spiro atoms. The molecule has 0 heterocycles. The Hall–Kier alpha value is -1.35. The van der Waals surface area contributed by atoms with Crippen molar-refractivity contribution < 1.29 is 4.79 Å². The van der Waals surface area contributed by atoms with Crippen LogP contribution in [0.4, 0.5) is 0 Å². The fraction of sp³-hybridized carbons (Fsp3) is 0.611. The molecule has 3 heteroatoms. The average molecular weight is 288 g/mol. The van der Waals surface area contributed by atoms with Gasteiger partial charge in [0.15, 0.2) is 0 Å². The monoisotopic (exact) mass is 288 g/mol. The van der Waals surface area contributed by atoms with Crippen LogP contribution in [0, 0.1) is 5.41 Å². The lowest BCUT2D eigenvalue weighted by Crippen LogP contribution is -2.42. The van der Waals surface area contributed by atoms with E-state index in [2.05, 4.69) is 43.4 Å². The second-order valence-corrected chi connectivity index (χ2v) is 6.85. The molecular formula is C18H28N2O. The van der Waals surface area contributed by atoms with Crippen LogP contribution in [0.5, 0.6) is 0 Å². The molecule has 1 unspecified atom stereocenters. The van der Waals surface area contributed by atoms with Crippen molar-refractivity contribution in [3.8, 4) is 0 Å². The Morgan fingerprint density at radius 2 is 1.76 bits per heavy atom. The minimum Gasteiger partial charge on any atom is -0.350 e. The zero-order valence-corrected chi connectivity index (χ0v) is 13.5. The summed E-state index contributed by atoms with van der Waals surface area (Å²) in [6.07, 6.45) is 3.96. The maximum atomic E-state index is 12.2. The number of carbonyl (C=O) groups excluding carboxylic acids is 1. The molecule has 1 atom stereocenters. The fourth-order valence-electron chi connectivity index (χ4n) is 3.02. The van der Waals surface area contributed by atoms with Gasteiger partial charge in [0.05, 0.1) is 6.04 Å². The predicted octanol–water partition coefficient (Wildman–Crippen LogP) is 3.51. The number of rotatable bonds is 6. The van der Waals surface area contributed by atoms with E-state index in [9.17, 15) is 4.79 Å². The molecule has 3 N–H and O–H groups in total. The Bertz CT molecular complexity index is 469. The van der Waals surface area contributed by atoms with Crippen LogP contribution in [0.1, 0.15) is 69.5 Å². The topological polar surface area (TPSA) is 55.1 Å². The van der Waals surface area contributed by atoms with Gasteiger partial charge in [0.2, 0.25) is 5.91 Å². The van der Waals surface area contributed by atoms with Gasteiger partial charge >= 0.3 is 0 Å². The molecule has 21 heavy (non-hydrogen) atoms. The van der Waals surface area contributed by atoms with Crippen LogP contribution in [0.25, 0.3) is 0 Å². The molecule has 0 aliphatic heterocycles. The molecule has 0 bridgehead atoms. The van der Waals surface area contributed by atoms with Crippen LogP contribution >= 0.6 is 0 Å². The minimum atomic E-state index is 0.0496. The number of amides is 1. The van der Waals surface area contributed by atoms with Crippen molar-refractivity contribution in [1.29, 1.82) is 0 Å². The lowest BCUT2D eigenvalue weighted by Gasteiger charge is -2.40. The van der Waals surface area contributed by atoms with E-state index < -0.39 is 0 Å². The van der Waals surface area contributed by atoms with Gasteiger partial charge in [-0.25, -0.2) is 0 Å². The number of nitrogens with one attached hydrogen (secondary N) is 1. The molecule has 0 radical (unpaired) electrons. The molecule has 0 aromatic heterocycles. The van der Waals surface area contributed by atoms with Gasteiger partial charge in [-0.05, 0) is 48.8 Å². The zero-order chi connectivity index (χ0) is 15.5. The van der Waals surface area contributed by atoms with Crippen molar-refractivity contribution in [2.75, 3.05) is 6.54 Å². The SMILES string of the molecule is CC(C)c1ccc(C(C)NC(=O)CC2(CN)CCC2)cc1. The Morgan fingerprint density at radius 1 is 1.19 bits per heavy atom. The Labute approximate surface area is 128 Å². The van der Waals surface area contributed by atoms with Gasteiger partial charge in [-0.1, -0.05) is 44.5 Å². The number of hydrogen-bond donors (Lipinski definition) is 2. The van der Waals surface area contributed by atoms with Crippen LogP contribution in [-0.2, 0) is 4.79 Å². The summed E-state index contributed by atoms with van der Waals surface area (Å²) < 4.78 is 0. The highest BCUT2D eigenvalue weighted by Crippen LogP contribution is 2.42. The summed E-state index contributed by atoms with van der Waals surface area (Å²) >= 11 is 0. The van der Waals surface area contributed by atoms with Gasteiger partial charge in [-0.2, -0.15) is 0 Å². The highest BCUT2D eigenvalue weighted by molar-refractivity contribution is 5.77. The van der Waals surface area contributed by atoms with Crippen molar-refractivity contribution in [2.24, 2.45) is 11.1 Å². The molecule has 1 aromatic carbocycles. The number of nitrogens with two attached hydrogens (primary N) is 1. The number of carbonyl (C=O) groups is 1. The first-order valence-corrected chi connectivity index (χ1v) is 8.05. The lowest BCUT2D eigenvalue weighted by molar-refractivity contribution is -0.125. The molecule has 1 saturated carbocycles. The molecule has 1 aliphatic carbocycles. The summed E-state index contributed by atoms with van der Waals surface area (Å²) in [5, 5.41) is 3.11. The summed E-state index contributed by atoms with van der Waals surface area (Å²) in [6.45, 7) is 7.03. The zero-order valence-electron chi connectivity index (χ0n) is 13.5. The fourth-order valence-corrected chi connectivity index (χ4v) is 3.02. The van der Waals surface area contributed by atoms with Gasteiger partial charge in [-0.3, -0.25) is 4.79 Å². The quantitative estimate of drug-likeness (QED) is 0.841. The van der Waals surface area contributed by atoms with Crippen molar-refractivity contribution in [1.82, 2.24) is 5.32 Å². The van der Waals surface area contributed by atoms with Gasteiger partial charge in [0.25, 0.3) is 0 Å². The third kappa shape index (κ3) is 3.85. The number of benzene rings is 1. The van der Waals surface area contributed by atoms with E-state index in [0.29, 0.717) is 18.9 Å². The van der Waals surface area contributed by atoms with Crippen LogP contribution in [0.15, 0.2) is 24.3 Å². The summed E-state index contributed by atoms with van der Waals surface area (Å²) in [5.74, 6) is 0.660. The summed E-state index contributed by atoms with van der Waals surface area (Å²) in [6, 6.07) is 8.57. The van der Waals surface area contributed by atoms with E-state index >= 15 is 0 Å². The van der Waals surface area contributed by atoms with Gasteiger partial charge in [-0.15, -0.1) is 0 Å². The second kappa shape index (κ2) is 6.61. The first kappa shape index (κ1) is 16.0. The van der Waals surface area contributed by atoms with E-state index in [1.165, 1.54) is 12.0 Å². The third-order valence-electron chi connectivity index (χ3n) is 4.86. The highest BCUT2D eigenvalue weighted by atomic mass is 16.1. The summed E-state index contributed by atoms with van der Waals surface area (Å²) in [5.41, 5.74) is 8.38. The van der Waals surface area contributed by atoms with Crippen LogP contribution < -0.4 is 11.1 Å². The smallest absolute Gasteiger partial charge is 0.221 e. The number of hydrogen-bond acceptors (Lipinski definition) is 2. The predicted molar refractivity (Wildman–Crippen MR) is 87.0 cm³/mol. The van der Waals surface area contributed by atoms with Crippen molar-refractivity contribution in [3.63, 3.8) is 0 Å². The Morgan fingerprint density at radius 3 is 2.19 bits per heavy atom. The van der Waals surface area contributed by atoms with Gasteiger partial charge in [0, 0.05) is 6.42 Å². The van der Waals surface area contributed by atoms with Crippen molar-refractivity contribution in [3.05, 3.63) is 35.4 Å². The average Bonchev–Trinajstić information content (AvgIpc) is 2.43. The second-order valence-electron chi connectivity index (χ2n) is 6.85. The van der Waals surface area contributed by atoms with Crippen molar-refractivity contribution in [2.45, 2.75) is 58.4 Å². The molecule has 3 nitrogen and oxygen atoms in total.